The number of hydrogen-bond donors (Lipinski definition) is 1. The zero-order valence-electron chi connectivity index (χ0n) is 9.46. The third-order valence-electron chi connectivity index (χ3n) is 2.54. The molecule has 1 heterocycles. The predicted molar refractivity (Wildman–Crippen MR) is 64.7 cm³/mol. The number of sulfone groups is 1. The molecule has 0 saturated heterocycles. The second-order valence-corrected chi connectivity index (χ2v) is 6.24. The molecule has 5 heteroatoms. The lowest BCUT2D eigenvalue weighted by Crippen LogP contribution is -2.14. The van der Waals surface area contributed by atoms with E-state index in [1.165, 1.54) is 0 Å². The van der Waals surface area contributed by atoms with E-state index in [1.54, 1.807) is 19.3 Å². The van der Waals surface area contributed by atoms with E-state index in [4.69, 9.17) is 5.73 Å². The van der Waals surface area contributed by atoms with Crippen LogP contribution in [0.2, 0.25) is 0 Å². The fourth-order valence-corrected chi connectivity index (χ4v) is 2.34. The smallest absolute Gasteiger partial charge is 0.150 e. The summed E-state index contributed by atoms with van der Waals surface area (Å²) < 4.78 is 22.5. The molecule has 0 aromatic carbocycles. The van der Waals surface area contributed by atoms with Crippen molar-refractivity contribution >= 4 is 9.84 Å². The highest BCUT2D eigenvalue weighted by Gasteiger charge is 2.10. The molecule has 0 bridgehead atoms. The Labute approximate surface area is 96.8 Å². The van der Waals surface area contributed by atoms with Crippen molar-refractivity contribution in [2.75, 3.05) is 11.5 Å². The molecule has 1 aromatic heterocycles. The van der Waals surface area contributed by atoms with Crippen molar-refractivity contribution in [3.8, 4) is 0 Å². The Morgan fingerprint density at radius 1 is 1.38 bits per heavy atom. The van der Waals surface area contributed by atoms with E-state index in [1.807, 2.05) is 12.1 Å². The summed E-state index contributed by atoms with van der Waals surface area (Å²) >= 11 is 0. The van der Waals surface area contributed by atoms with Gasteiger partial charge in [0, 0.05) is 24.2 Å². The Bertz CT molecular complexity index is 403. The Kier molecular flexibility index (Phi) is 4.89. The number of hydrogen-bond acceptors (Lipinski definition) is 4. The van der Waals surface area contributed by atoms with Gasteiger partial charge in [0.1, 0.15) is 9.84 Å². The van der Waals surface area contributed by atoms with Gasteiger partial charge in [-0.2, -0.15) is 0 Å². The molecule has 1 atom stereocenters. The van der Waals surface area contributed by atoms with Gasteiger partial charge < -0.3 is 5.73 Å². The highest BCUT2D eigenvalue weighted by molar-refractivity contribution is 7.91. The fraction of sp³-hybridized carbons (Fsp3) is 0.545. The summed E-state index contributed by atoms with van der Waals surface area (Å²) in [6, 6.07) is 3.62. The van der Waals surface area contributed by atoms with Crippen LogP contribution >= 0.6 is 0 Å². The molecule has 1 rings (SSSR count). The Hall–Kier alpha value is -0.940. The summed E-state index contributed by atoms with van der Waals surface area (Å²) in [5.74, 6) is 0.430. The minimum Gasteiger partial charge on any atom is -0.324 e. The number of aromatic nitrogens is 1. The summed E-state index contributed by atoms with van der Waals surface area (Å²) in [7, 11) is -2.87. The van der Waals surface area contributed by atoms with Gasteiger partial charge in [-0.1, -0.05) is 6.92 Å². The van der Waals surface area contributed by atoms with Gasteiger partial charge in [-0.3, -0.25) is 4.98 Å². The number of rotatable bonds is 6. The predicted octanol–water partition coefficient (Wildman–Crippen LogP) is 1.30. The first-order chi connectivity index (χ1) is 7.55. The van der Waals surface area contributed by atoms with E-state index in [-0.39, 0.29) is 17.5 Å². The van der Waals surface area contributed by atoms with E-state index in [0.29, 0.717) is 12.8 Å². The maximum Gasteiger partial charge on any atom is 0.150 e. The van der Waals surface area contributed by atoms with Crippen molar-refractivity contribution in [1.29, 1.82) is 0 Å². The summed E-state index contributed by atoms with van der Waals surface area (Å²) in [5.41, 5.74) is 6.95. The summed E-state index contributed by atoms with van der Waals surface area (Å²) in [6.07, 6.45) is 4.68. The zero-order valence-corrected chi connectivity index (χ0v) is 10.3. The molecule has 0 aliphatic rings. The third kappa shape index (κ3) is 4.28. The van der Waals surface area contributed by atoms with Gasteiger partial charge in [0.15, 0.2) is 0 Å². The van der Waals surface area contributed by atoms with Gasteiger partial charge in [0.2, 0.25) is 0 Å². The molecule has 1 unspecified atom stereocenters. The van der Waals surface area contributed by atoms with E-state index in [2.05, 4.69) is 4.98 Å². The minimum absolute atomic E-state index is 0.102. The molecule has 2 N–H and O–H groups in total. The highest BCUT2D eigenvalue weighted by Crippen LogP contribution is 2.14. The lowest BCUT2D eigenvalue weighted by Gasteiger charge is -2.11. The summed E-state index contributed by atoms with van der Waals surface area (Å²) in [4.78, 5) is 3.91. The third-order valence-corrected chi connectivity index (χ3v) is 4.33. The fourth-order valence-electron chi connectivity index (χ4n) is 1.44. The van der Waals surface area contributed by atoms with E-state index in [0.717, 1.165) is 5.56 Å². The molecular formula is C11H18N2O2S. The first-order valence-electron chi connectivity index (χ1n) is 5.41. The van der Waals surface area contributed by atoms with Gasteiger partial charge in [-0.15, -0.1) is 0 Å². The van der Waals surface area contributed by atoms with Crippen molar-refractivity contribution in [3.05, 3.63) is 30.1 Å². The van der Waals surface area contributed by atoms with Crippen LogP contribution in [-0.4, -0.2) is 24.9 Å². The Morgan fingerprint density at radius 3 is 2.56 bits per heavy atom. The second kappa shape index (κ2) is 5.96. The molecule has 0 fully saturated rings. The maximum absolute atomic E-state index is 11.3. The van der Waals surface area contributed by atoms with Gasteiger partial charge >= 0.3 is 0 Å². The first-order valence-corrected chi connectivity index (χ1v) is 7.23. The Morgan fingerprint density at radius 2 is 2.00 bits per heavy atom. The lowest BCUT2D eigenvalue weighted by atomic mass is 10.1. The molecule has 0 amide bonds. The van der Waals surface area contributed by atoms with Crippen LogP contribution in [0.1, 0.15) is 31.4 Å². The van der Waals surface area contributed by atoms with Crippen LogP contribution in [0.25, 0.3) is 0 Å². The summed E-state index contributed by atoms with van der Waals surface area (Å²) in [5, 5.41) is 0. The van der Waals surface area contributed by atoms with Crippen molar-refractivity contribution < 1.29 is 8.42 Å². The monoisotopic (exact) mass is 242 g/mol. The molecule has 0 spiro atoms. The largest absolute Gasteiger partial charge is 0.324 e. The van der Waals surface area contributed by atoms with Crippen LogP contribution < -0.4 is 5.73 Å². The molecular weight excluding hydrogens is 224 g/mol. The molecule has 90 valence electrons. The van der Waals surface area contributed by atoms with E-state index >= 15 is 0 Å². The quantitative estimate of drug-likeness (QED) is 0.816. The standard InChI is InChI=1S/C11H18N2O2S/c1-2-16(14,15)9-3-4-11(12)10-5-7-13-8-6-10/h5-8,11H,2-4,9,12H2,1H3. The lowest BCUT2D eigenvalue weighted by molar-refractivity contribution is 0.584. The number of pyridine rings is 1. The van der Waals surface area contributed by atoms with Crippen LogP contribution in [0.5, 0.6) is 0 Å². The molecule has 1 aromatic rings. The van der Waals surface area contributed by atoms with Crippen LogP contribution in [0.4, 0.5) is 0 Å². The average molecular weight is 242 g/mol. The topological polar surface area (TPSA) is 73.0 Å². The maximum atomic E-state index is 11.3. The van der Waals surface area contributed by atoms with E-state index < -0.39 is 9.84 Å². The zero-order chi connectivity index (χ0) is 12.0. The van der Waals surface area contributed by atoms with Gasteiger partial charge in [-0.05, 0) is 30.5 Å². The molecule has 0 aliphatic carbocycles. The minimum atomic E-state index is -2.87. The van der Waals surface area contributed by atoms with E-state index in [9.17, 15) is 8.42 Å². The van der Waals surface area contributed by atoms with Gasteiger partial charge in [-0.25, -0.2) is 8.42 Å². The highest BCUT2D eigenvalue weighted by atomic mass is 32.2. The van der Waals surface area contributed by atoms with Crippen LogP contribution in [0.3, 0.4) is 0 Å². The normalized spacial score (nSPS) is 13.6. The number of nitrogens with zero attached hydrogens (tertiary/aromatic N) is 1. The molecule has 4 nitrogen and oxygen atoms in total. The second-order valence-electron chi connectivity index (χ2n) is 3.77. The first kappa shape index (κ1) is 13.1. The molecule has 0 saturated carbocycles. The molecule has 0 aliphatic heterocycles. The van der Waals surface area contributed by atoms with Crippen molar-refractivity contribution in [2.24, 2.45) is 5.73 Å². The Balaban J connectivity index is 2.40. The molecule has 16 heavy (non-hydrogen) atoms. The van der Waals surface area contributed by atoms with Crippen molar-refractivity contribution in [3.63, 3.8) is 0 Å². The van der Waals surface area contributed by atoms with Gasteiger partial charge in [0.05, 0.1) is 5.75 Å². The van der Waals surface area contributed by atoms with Crippen LogP contribution in [-0.2, 0) is 9.84 Å². The molecule has 0 radical (unpaired) electrons. The van der Waals surface area contributed by atoms with Crippen LogP contribution in [0.15, 0.2) is 24.5 Å². The van der Waals surface area contributed by atoms with Crippen molar-refractivity contribution in [1.82, 2.24) is 4.98 Å². The number of nitrogens with two attached hydrogens (primary N) is 1. The van der Waals surface area contributed by atoms with Crippen LogP contribution in [0, 0.1) is 0 Å². The summed E-state index contributed by atoms with van der Waals surface area (Å²) in [6.45, 7) is 1.66. The van der Waals surface area contributed by atoms with Crippen molar-refractivity contribution in [2.45, 2.75) is 25.8 Å². The SMILES string of the molecule is CCS(=O)(=O)CCCC(N)c1ccncc1. The average Bonchev–Trinajstić information content (AvgIpc) is 2.30. The van der Waals surface area contributed by atoms with Gasteiger partial charge in [0.25, 0.3) is 0 Å².